The van der Waals surface area contributed by atoms with Crippen LogP contribution in [0.2, 0.25) is 0 Å². The molecule has 0 amide bonds. The Morgan fingerprint density at radius 2 is 2.06 bits per heavy atom. The van der Waals surface area contributed by atoms with E-state index < -0.39 is 11.7 Å². The molecule has 0 aromatic heterocycles. The Morgan fingerprint density at radius 1 is 1.44 bits per heavy atom. The number of benzene rings is 1. The highest BCUT2D eigenvalue weighted by Crippen LogP contribution is 2.34. The first kappa shape index (κ1) is 12.3. The van der Waals surface area contributed by atoms with E-state index in [0.29, 0.717) is 0 Å². The zero-order chi connectivity index (χ0) is 12.3. The normalized spacial score (nSPS) is 11.0. The lowest BCUT2D eigenvalue weighted by Gasteiger charge is -2.13. The minimum Gasteiger partial charge on any atom is -0.495 e. The summed E-state index contributed by atoms with van der Waals surface area (Å²) >= 11 is 0. The van der Waals surface area contributed by atoms with E-state index >= 15 is 0 Å². The summed E-state index contributed by atoms with van der Waals surface area (Å²) in [6, 6.07) is 3.29. The van der Waals surface area contributed by atoms with Crippen molar-refractivity contribution in [1.29, 1.82) is 5.26 Å². The summed E-state index contributed by atoms with van der Waals surface area (Å²) in [5.41, 5.74) is 4.40. The first-order valence-electron chi connectivity index (χ1n) is 4.32. The number of nitrogens with zero attached hydrogens (tertiary/aromatic N) is 1. The number of ether oxygens (including phenoxy) is 1. The molecule has 1 aromatic rings. The molecule has 86 valence electrons. The van der Waals surface area contributed by atoms with Gasteiger partial charge in [0.15, 0.2) is 0 Å². The summed E-state index contributed by atoms with van der Waals surface area (Å²) in [4.78, 5) is 0. The van der Waals surface area contributed by atoms with Crippen LogP contribution >= 0.6 is 0 Å². The number of hydrogen-bond donors (Lipinski definition) is 1. The Bertz CT molecular complexity index is 435. The molecule has 0 unspecified atom stereocenters. The van der Waals surface area contributed by atoms with Crippen molar-refractivity contribution in [2.45, 2.75) is 12.7 Å². The predicted molar refractivity (Wildman–Crippen MR) is 50.6 cm³/mol. The summed E-state index contributed by atoms with van der Waals surface area (Å²) in [6.07, 6.45) is -4.50. The number of alkyl halides is 3. The van der Waals surface area contributed by atoms with Crippen LogP contribution in [-0.2, 0) is 12.7 Å². The summed E-state index contributed by atoms with van der Waals surface area (Å²) in [5.74, 6) is 0.0954. The van der Waals surface area contributed by atoms with E-state index in [2.05, 4.69) is 0 Å². The number of halogens is 3. The lowest BCUT2D eigenvalue weighted by molar-refractivity contribution is -0.137. The van der Waals surface area contributed by atoms with Crippen molar-refractivity contribution < 1.29 is 17.9 Å². The lowest BCUT2D eigenvalue weighted by atomic mass is 10.0. The number of nitriles is 1. The highest BCUT2D eigenvalue weighted by Gasteiger charge is 2.32. The summed E-state index contributed by atoms with van der Waals surface area (Å²) < 4.78 is 42.3. The van der Waals surface area contributed by atoms with E-state index in [1.807, 2.05) is 0 Å². The molecule has 0 bridgehead atoms. The van der Waals surface area contributed by atoms with Crippen LogP contribution in [0.15, 0.2) is 12.1 Å². The summed E-state index contributed by atoms with van der Waals surface area (Å²) in [6.45, 7) is -0.123. The van der Waals surface area contributed by atoms with Gasteiger partial charge in [-0.25, -0.2) is 0 Å². The number of hydrogen-bond acceptors (Lipinski definition) is 3. The van der Waals surface area contributed by atoms with Crippen molar-refractivity contribution in [2.75, 3.05) is 7.11 Å². The average molecular weight is 230 g/mol. The zero-order valence-corrected chi connectivity index (χ0v) is 8.43. The molecular weight excluding hydrogens is 221 g/mol. The second-order valence-corrected chi connectivity index (χ2v) is 3.03. The van der Waals surface area contributed by atoms with Gasteiger partial charge in [-0.3, -0.25) is 0 Å². The Hall–Kier alpha value is -1.74. The maximum absolute atomic E-state index is 12.5. The fraction of sp³-hybridized carbons (Fsp3) is 0.300. The number of rotatable bonds is 2. The summed E-state index contributed by atoms with van der Waals surface area (Å²) in [7, 11) is 1.28. The molecule has 3 nitrogen and oxygen atoms in total. The van der Waals surface area contributed by atoms with Crippen molar-refractivity contribution >= 4 is 0 Å². The van der Waals surface area contributed by atoms with E-state index in [9.17, 15) is 13.2 Å². The van der Waals surface area contributed by atoms with Crippen molar-refractivity contribution in [3.8, 4) is 11.8 Å². The molecule has 1 aromatic carbocycles. The Balaban J connectivity index is 3.45. The molecule has 0 radical (unpaired) electrons. The van der Waals surface area contributed by atoms with Crippen LogP contribution < -0.4 is 10.5 Å². The molecule has 0 aliphatic rings. The third-order valence-electron chi connectivity index (χ3n) is 2.04. The standard InChI is InChI=1S/C10H9F3N2O/c1-16-9-6(4-14)2-8(10(11,12)13)3-7(9)5-15/h2-3H,4,14H2,1H3. The molecule has 0 saturated heterocycles. The van der Waals surface area contributed by atoms with Crippen LogP contribution in [-0.4, -0.2) is 7.11 Å². The molecule has 0 spiro atoms. The van der Waals surface area contributed by atoms with Gasteiger partial charge in [0.1, 0.15) is 11.8 Å². The molecule has 0 atom stereocenters. The van der Waals surface area contributed by atoms with E-state index in [-0.39, 0.29) is 23.4 Å². The second kappa shape index (κ2) is 4.41. The average Bonchev–Trinajstić information content (AvgIpc) is 2.25. The monoisotopic (exact) mass is 230 g/mol. The predicted octanol–water partition coefficient (Wildman–Crippen LogP) is 2.04. The van der Waals surface area contributed by atoms with Crippen LogP contribution in [0.25, 0.3) is 0 Å². The largest absolute Gasteiger partial charge is 0.495 e. The topological polar surface area (TPSA) is 59.0 Å². The van der Waals surface area contributed by atoms with Gasteiger partial charge in [0.05, 0.1) is 18.2 Å². The van der Waals surface area contributed by atoms with Crippen molar-refractivity contribution in [2.24, 2.45) is 5.73 Å². The maximum Gasteiger partial charge on any atom is 0.416 e. The SMILES string of the molecule is COc1c(C#N)cc(C(F)(F)F)cc1CN. The van der Waals surface area contributed by atoms with Crippen molar-refractivity contribution in [3.63, 3.8) is 0 Å². The quantitative estimate of drug-likeness (QED) is 0.845. The van der Waals surface area contributed by atoms with Gasteiger partial charge >= 0.3 is 6.18 Å². The minimum atomic E-state index is -4.50. The first-order valence-corrected chi connectivity index (χ1v) is 4.32. The highest BCUT2D eigenvalue weighted by molar-refractivity contribution is 5.51. The van der Waals surface area contributed by atoms with Gasteiger partial charge in [-0.2, -0.15) is 18.4 Å². The van der Waals surface area contributed by atoms with E-state index in [1.165, 1.54) is 7.11 Å². The molecule has 1 rings (SSSR count). The van der Waals surface area contributed by atoms with Gasteiger partial charge < -0.3 is 10.5 Å². The maximum atomic E-state index is 12.5. The fourth-order valence-electron chi connectivity index (χ4n) is 1.33. The van der Waals surface area contributed by atoms with Gasteiger partial charge in [0, 0.05) is 12.1 Å². The van der Waals surface area contributed by atoms with Gasteiger partial charge in [-0.1, -0.05) is 0 Å². The number of methoxy groups -OCH3 is 1. The van der Waals surface area contributed by atoms with Crippen LogP contribution in [0.5, 0.6) is 5.75 Å². The number of nitrogens with two attached hydrogens (primary N) is 1. The Labute approximate surface area is 90.2 Å². The van der Waals surface area contributed by atoms with E-state index in [1.54, 1.807) is 6.07 Å². The molecule has 6 heteroatoms. The molecule has 0 heterocycles. The molecule has 0 aliphatic heterocycles. The molecule has 0 aliphatic carbocycles. The van der Waals surface area contributed by atoms with E-state index in [4.69, 9.17) is 15.7 Å². The Kier molecular flexibility index (Phi) is 3.40. The third-order valence-corrected chi connectivity index (χ3v) is 2.04. The van der Waals surface area contributed by atoms with Crippen LogP contribution in [0.4, 0.5) is 13.2 Å². The van der Waals surface area contributed by atoms with Crippen molar-refractivity contribution in [3.05, 3.63) is 28.8 Å². The lowest BCUT2D eigenvalue weighted by Crippen LogP contribution is -2.09. The third kappa shape index (κ3) is 2.25. The fourth-order valence-corrected chi connectivity index (χ4v) is 1.33. The van der Waals surface area contributed by atoms with Gasteiger partial charge in [0.25, 0.3) is 0 Å². The smallest absolute Gasteiger partial charge is 0.416 e. The van der Waals surface area contributed by atoms with Crippen LogP contribution in [0, 0.1) is 11.3 Å². The first-order chi connectivity index (χ1) is 7.43. The zero-order valence-electron chi connectivity index (χ0n) is 8.43. The van der Waals surface area contributed by atoms with E-state index in [0.717, 1.165) is 12.1 Å². The second-order valence-electron chi connectivity index (χ2n) is 3.03. The molecular formula is C10H9F3N2O. The molecule has 0 fully saturated rings. The highest BCUT2D eigenvalue weighted by atomic mass is 19.4. The Morgan fingerprint density at radius 3 is 2.44 bits per heavy atom. The molecule has 0 saturated carbocycles. The van der Waals surface area contributed by atoms with Crippen molar-refractivity contribution in [1.82, 2.24) is 0 Å². The van der Waals surface area contributed by atoms with Gasteiger partial charge in [0.2, 0.25) is 0 Å². The molecule has 2 N–H and O–H groups in total. The minimum absolute atomic E-state index is 0.0954. The van der Waals surface area contributed by atoms with Crippen LogP contribution in [0.1, 0.15) is 16.7 Å². The van der Waals surface area contributed by atoms with Crippen LogP contribution in [0.3, 0.4) is 0 Å². The van der Waals surface area contributed by atoms with Gasteiger partial charge in [-0.15, -0.1) is 0 Å². The van der Waals surface area contributed by atoms with Gasteiger partial charge in [-0.05, 0) is 12.1 Å². The molecule has 16 heavy (non-hydrogen) atoms. The summed E-state index contributed by atoms with van der Waals surface area (Å²) in [5, 5.41) is 8.72.